The zero-order valence-electron chi connectivity index (χ0n) is 6.20. The molecule has 0 N–H and O–H groups in total. The molecule has 1 rings (SSSR count). The average molecular weight is 141 g/mol. The molecule has 0 fully saturated rings. The summed E-state index contributed by atoms with van der Waals surface area (Å²) in [4.78, 5) is 15.2. The number of carbonyl (C=O) groups is 1. The first-order chi connectivity index (χ1) is 4.74. The second-order valence-electron chi connectivity index (χ2n) is 2.38. The fourth-order valence-corrected chi connectivity index (χ4v) is 0.860. The third-order valence-corrected chi connectivity index (χ3v) is 1.55. The first-order valence-electron chi connectivity index (χ1n) is 3.29. The number of rotatable bonds is 2. The van der Waals surface area contributed by atoms with Crippen molar-refractivity contribution >= 4 is 6.29 Å². The Bertz CT molecular complexity index is 165. The van der Waals surface area contributed by atoms with Crippen LogP contribution >= 0.6 is 0 Å². The summed E-state index contributed by atoms with van der Waals surface area (Å²) in [6, 6.07) is 0.287. The fourth-order valence-electron chi connectivity index (χ4n) is 0.860. The number of likely N-dealkylation sites (N-methyl/N-ethyl adjacent to an activating group) is 1. The maximum atomic E-state index is 10.0. The van der Waals surface area contributed by atoms with Gasteiger partial charge in [-0.25, -0.2) is 0 Å². The molecule has 1 aliphatic heterocycles. The molecule has 3 nitrogen and oxygen atoms in total. The summed E-state index contributed by atoms with van der Waals surface area (Å²) >= 11 is 0. The Balaban J connectivity index is 2.49. The first-order valence-corrected chi connectivity index (χ1v) is 3.29. The van der Waals surface area contributed by atoms with E-state index in [-0.39, 0.29) is 6.04 Å². The van der Waals surface area contributed by atoms with Crippen molar-refractivity contribution in [1.82, 2.24) is 5.06 Å². The molecule has 0 saturated heterocycles. The molecule has 3 heteroatoms. The third kappa shape index (κ3) is 1.36. The highest BCUT2D eigenvalue weighted by Crippen LogP contribution is 2.16. The minimum Gasteiger partial charge on any atom is -0.410 e. The van der Waals surface area contributed by atoms with Crippen LogP contribution in [0.3, 0.4) is 0 Å². The molecule has 1 aliphatic rings. The molecule has 0 spiro atoms. The fraction of sp³-hybridized carbons (Fsp3) is 0.571. The van der Waals surface area contributed by atoms with Crippen molar-refractivity contribution in [2.45, 2.75) is 19.4 Å². The predicted octanol–water partition coefficient (Wildman–Crippen LogP) is 0.725. The van der Waals surface area contributed by atoms with Gasteiger partial charge in [-0.2, -0.15) is 0 Å². The zero-order valence-corrected chi connectivity index (χ0v) is 6.20. The molecule has 10 heavy (non-hydrogen) atoms. The van der Waals surface area contributed by atoms with E-state index in [1.165, 1.54) is 0 Å². The van der Waals surface area contributed by atoms with Gasteiger partial charge in [-0.3, -0.25) is 0 Å². The summed E-state index contributed by atoms with van der Waals surface area (Å²) in [6.07, 6.45) is 3.17. The monoisotopic (exact) mass is 141 g/mol. The number of aldehydes is 1. The van der Waals surface area contributed by atoms with E-state index >= 15 is 0 Å². The summed E-state index contributed by atoms with van der Waals surface area (Å²) in [5.74, 6) is 0.755. The van der Waals surface area contributed by atoms with Gasteiger partial charge in [-0.15, -0.1) is 5.06 Å². The van der Waals surface area contributed by atoms with Crippen LogP contribution in [0.25, 0.3) is 0 Å². The predicted molar refractivity (Wildman–Crippen MR) is 37.1 cm³/mol. The van der Waals surface area contributed by atoms with Crippen LogP contribution in [0.15, 0.2) is 11.8 Å². The van der Waals surface area contributed by atoms with Crippen LogP contribution in [-0.2, 0) is 9.63 Å². The molecular weight excluding hydrogens is 130 g/mol. The summed E-state index contributed by atoms with van der Waals surface area (Å²) in [6.45, 7) is 2.01. The van der Waals surface area contributed by atoms with Crippen molar-refractivity contribution in [2.24, 2.45) is 0 Å². The molecule has 56 valence electrons. The molecule has 0 bridgehead atoms. The Morgan fingerprint density at radius 1 is 1.90 bits per heavy atom. The number of hydroxylamine groups is 2. The van der Waals surface area contributed by atoms with E-state index in [0.717, 1.165) is 12.0 Å². The molecule has 1 atom stereocenters. The maximum absolute atomic E-state index is 10.0. The van der Waals surface area contributed by atoms with Crippen molar-refractivity contribution in [2.75, 3.05) is 7.05 Å². The van der Waals surface area contributed by atoms with Crippen molar-refractivity contribution < 1.29 is 9.63 Å². The summed E-state index contributed by atoms with van der Waals surface area (Å²) in [5, 5.41) is 1.72. The van der Waals surface area contributed by atoms with Crippen LogP contribution in [0, 0.1) is 0 Å². The van der Waals surface area contributed by atoms with E-state index in [9.17, 15) is 4.79 Å². The second-order valence-corrected chi connectivity index (χ2v) is 2.38. The van der Waals surface area contributed by atoms with Gasteiger partial charge >= 0.3 is 0 Å². The molecule has 1 unspecified atom stereocenters. The van der Waals surface area contributed by atoms with Gasteiger partial charge in [0, 0.05) is 7.05 Å². The number of hydrogen-bond acceptors (Lipinski definition) is 3. The van der Waals surface area contributed by atoms with Gasteiger partial charge in [-0.05, 0) is 13.0 Å². The van der Waals surface area contributed by atoms with Crippen molar-refractivity contribution in [3.63, 3.8) is 0 Å². The Kier molecular flexibility index (Phi) is 2.06. The van der Waals surface area contributed by atoms with E-state index in [2.05, 4.69) is 0 Å². The lowest BCUT2D eigenvalue weighted by Crippen LogP contribution is -2.20. The van der Waals surface area contributed by atoms with E-state index in [0.29, 0.717) is 6.42 Å². The maximum Gasteiger partial charge on any atom is 0.129 e. The van der Waals surface area contributed by atoms with E-state index in [4.69, 9.17) is 4.84 Å². The molecule has 0 aromatic heterocycles. The topological polar surface area (TPSA) is 29.5 Å². The van der Waals surface area contributed by atoms with Gasteiger partial charge < -0.3 is 9.63 Å². The highest BCUT2D eigenvalue weighted by atomic mass is 16.7. The van der Waals surface area contributed by atoms with Gasteiger partial charge in [0.15, 0.2) is 0 Å². The van der Waals surface area contributed by atoms with E-state index < -0.39 is 0 Å². The van der Waals surface area contributed by atoms with Crippen LogP contribution in [0.4, 0.5) is 0 Å². The van der Waals surface area contributed by atoms with Crippen LogP contribution < -0.4 is 0 Å². The average Bonchev–Trinajstić information content (AvgIpc) is 2.14. The lowest BCUT2D eigenvalue weighted by Gasteiger charge is -2.13. The number of nitrogens with zero attached hydrogens (tertiary/aromatic N) is 1. The van der Waals surface area contributed by atoms with Crippen molar-refractivity contribution in [3.8, 4) is 0 Å². The van der Waals surface area contributed by atoms with Crippen LogP contribution in [0.1, 0.15) is 13.3 Å². The molecule has 0 amide bonds. The van der Waals surface area contributed by atoms with Crippen LogP contribution in [0.2, 0.25) is 0 Å². The van der Waals surface area contributed by atoms with Crippen molar-refractivity contribution in [1.29, 1.82) is 0 Å². The first kappa shape index (κ1) is 7.28. The number of allylic oxidation sites excluding steroid dienone is 1. The third-order valence-electron chi connectivity index (χ3n) is 1.55. The molecule has 1 heterocycles. The minimum absolute atomic E-state index is 0.287. The molecular formula is C7H11NO2. The quantitative estimate of drug-likeness (QED) is 0.531. The van der Waals surface area contributed by atoms with Crippen molar-refractivity contribution in [3.05, 3.63) is 11.8 Å². The lowest BCUT2D eigenvalue weighted by molar-refractivity contribution is -0.113. The number of hydrogen-bond donors (Lipinski definition) is 0. The SMILES string of the molecule is CC1C=C(CC=O)ON1C. The zero-order chi connectivity index (χ0) is 7.56. The standard InChI is InChI=1S/C7H11NO2/c1-6-5-7(3-4-9)10-8(6)2/h4-6H,3H2,1-2H3. The van der Waals surface area contributed by atoms with Crippen LogP contribution in [-0.4, -0.2) is 24.4 Å². The highest BCUT2D eigenvalue weighted by molar-refractivity contribution is 5.53. The van der Waals surface area contributed by atoms with Gasteiger partial charge in [-0.1, -0.05) is 0 Å². The second kappa shape index (κ2) is 2.84. The normalized spacial score (nSPS) is 25.8. The van der Waals surface area contributed by atoms with E-state index in [1.54, 1.807) is 5.06 Å². The molecule has 0 aliphatic carbocycles. The van der Waals surface area contributed by atoms with Gasteiger partial charge in [0.1, 0.15) is 12.0 Å². The smallest absolute Gasteiger partial charge is 0.129 e. The number of carbonyl (C=O) groups excluding carboxylic acids is 1. The van der Waals surface area contributed by atoms with Crippen LogP contribution in [0.5, 0.6) is 0 Å². The minimum atomic E-state index is 0.287. The highest BCUT2D eigenvalue weighted by Gasteiger charge is 2.17. The largest absolute Gasteiger partial charge is 0.410 e. The molecule has 0 aromatic carbocycles. The Labute approximate surface area is 60.2 Å². The molecule has 0 radical (unpaired) electrons. The molecule has 0 aromatic rings. The van der Waals surface area contributed by atoms with Gasteiger partial charge in [0.25, 0.3) is 0 Å². The summed E-state index contributed by atoms with van der Waals surface area (Å²) < 4.78 is 0. The van der Waals surface area contributed by atoms with Gasteiger partial charge in [0.2, 0.25) is 0 Å². The van der Waals surface area contributed by atoms with E-state index in [1.807, 2.05) is 20.0 Å². The summed E-state index contributed by atoms with van der Waals surface area (Å²) in [7, 11) is 1.85. The Hall–Kier alpha value is -0.830. The molecule has 0 saturated carbocycles. The Morgan fingerprint density at radius 3 is 3.00 bits per heavy atom. The van der Waals surface area contributed by atoms with Gasteiger partial charge in [0.05, 0.1) is 12.5 Å². The summed E-state index contributed by atoms with van der Waals surface area (Å²) in [5.41, 5.74) is 0. The lowest BCUT2D eigenvalue weighted by atomic mass is 10.3. The Morgan fingerprint density at radius 2 is 2.60 bits per heavy atom.